The van der Waals surface area contributed by atoms with Gasteiger partial charge in [0.2, 0.25) is 0 Å². The third-order valence-corrected chi connectivity index (χ3v) is 3.56. The first-order valence-electron chi connectivity index (χ1n) is 6.17. The first-order valence-corrected chi connectivity index (χ1v) is 6.17. The van der Waals surface area contributed by atoms with Crippen molar-refractivity contribution in [1.29, 1.82) is 0 Å². The zero-order valence-corrected chi connectivity index (χ0v) is 11.6. The van der Waals surface area contributed by atoms with E-state index in [1.807, 2.05) is 36.3 Å². The number of hydrogen-bond donors (Lipinski definition) is 1. The summed E-state index contributed by atoms with van der Waals surface area (Å²) in [5.41, 5.74) is 1.53. The lowest BCUT2D eigenvalue weighted by atomic mass is 10.2. The maximum absolute atomic E-state index is 12.5. The van der Waals surface area contributed by atoms with Gasteiger partial charge in [0.05, 0.1) is 17.3 Å². The molecule has 1 saturated heterocycles. The Balaban J connectivity index is 0.00000133. The Morgan fingerprint density at radius 2 is 2.37 bits per heavy atom. The lowest BCUT2D eigenvalue weighted by Gasteiger charge is -2.23. The van der Waals surface area contributed by atoms with Gasteiger partial charge < -0.3 is 10.2 Å². The van der Waals surface area contributed by atoms with E-state index in [1.54, 1.807) is 10.7 Å². The number of pyridine rings is 1. The van der Waals surface area contributed by atoms with Crippen molar-refractivity contribution in [1.82, 2.24) is 19.8 Å². The standard InChI is InChI=1S/C13H16N4O.ClH/c1-16(10-5-6-14-8-10)13(18)11-9-15-17-7-3-2-4-12(11)17;/h2-4,7,9-10,14H,5-6,8H2,1H3;1H. The van der Waals surface area contributed by atoms with Gasteiger partial charge in [-0.1, -0.05) is 6.07 Å². The molecule has 1 aliphatic heterocycles. The van der Waals surface area contributed by atoms with Crippen LogP contribution in [0.5, 0.6) is 0 Å². The quantitative estimate of drug-likeness (QED) is 0.899. The number of carbonyl (C=O) groups is 1. The average Bonchev–Trinajstić information content (AvgIpc) is 3.06. The molecule has 6 heteroatoms. The molecule has 2 aromatic heterocycles. The van der Waals surface area contributed by atoms with Crippen LogP contribution in [-0.4, -0.2) is 46.6 Å². The predicted molar refractivity (Wildman–Crippen MR) is 75.8 cm³/mol. The fourth-order valence-corrected chi connectivity index (χ4v) is 2.43. The number of rotatable bonds is 2. The molecule has 2 aromatic rings. The van der Waals surface area contributed by atoms with Gasteiger partial charge in [0.25, 0.3) is 5.91 Å². The minimum atomic E-state index is 0. The van der Waals surface area contributed by atoms with E-state index < -0.39 is 0 Å². The maximum Gasteiger partial charge on any atom is 0.257 e. The summed E-state index contributed by atoms with van der Waals surface area (Å²) >= 11 is 0. The molecule has 19 heavy (non-hydrogen) atoms. The second-order valence-corrected chi connectivity index (χ2v) is 4.65. The third-order valence-electron chi connectivity index (χ3n) is 3.56. The molecule has 0 radical (unpaired) electrons. The molecule has 1 atom stereocenters. The molecule has 1 aliphatic rings. The van der Waals surface area contributed by atoms with Gasteiger partial charge in [-0.25, -0.2) is 4.52 Å². The topological polar surface area (TPSA) is 49.6 Å². The number of aromatic nitrogens is 2. The number of nitrogens with zero attached hydrogens (tertiary/aromatic N) is 3. The number of carbonyl (C=O) groups excluding carboxylic acids is 1. The monoisotopic (exact) mass is 280 g/mol. The number of amides is 1. The second kappa shape index (κ2) is 5.59. The molecule has 1 amide bonds. The minimum Gasteiger partial charge on any atom is -0.337 e. The third kappa shape index (κ3) is 2.43. The van der Waals surface area contributed by atoms with E-state index in [1.165, 1.54) is 0 Å². The van der Waals surface area contributed by atoms with Gasteiger partial charge in [-0.2, -0.15) is 5.10 Å². The fraction of sp³-hybridized carbons (Fsp3) is 0.385. The molecule has 3 rings (SSSR count). The maximum atomic E-state index is 12.5. The van der Waals surface area contributed by atoms with Crippen LogP contribution in [0.2, 0.25) is 0 Å². The van der Waals surface area contributed by atoms with Crippen LogP contribution in [0.3, 0.4) is 0 Å². The molecule has 1 N–H and O–H groups in total. The Labute approximate surface area is 118 Å². The van der Waals surface area contributed by atoms with Gasteiger partial charge >= 0.3 is 0 Å². The number of hydrogen-bond acceptors (Lipinski definition) is 3. The lowest BCUT2D eigenvalue weighted by molar-refractivity contribution is 0.0745. The number of likely N-dealkylation sites (N-methyl/N-ethyl adjacent to an activating group) is 1. The SMILES string of the molecule is CN(C(=O)c1cnn2ccccc12)C1CCNC1.Cl. The molecule has 0 bridgehead atoms. The van der Waals surface area contributed by atoms with E-state index in [0.29, 0.717) is 5.56 Å². The van der Waals surface area contributed by atoms with Gasteiger partial charge in [-0.3, -0.25) is 4.79 Å². The number of nitrogens with one attached hydrogen (secondary N) is 1. The summed E-state index contributed by atoms with van der Waals surface area (Å²) in [5, 5.41) is 7.48. The van der Waals surface area contributed by atoms with Gasteiger partial charge in [-0.15, -0.1) is 12.4 Å². The van der Waals surface area contributed by atoms with Gasteiger partial charge in [0.1, 0.15) is 0 Å². The minimum absolute atomic E-state index is 0. The molecule has 5 nitrogen and oxygen atoms in total. The molecule has 3 heterocycles. The van der Waals surface area contributed by atoms with E-state index in [2.05, 4.69) is 10.4 Å². The molecule has 0 aromatic carbocycles. The van der Waals surface area contributed by atoms with Crippen molar-refractivity contribution in [2.45, 2.75) is 12.5 Å². The summed E-state index contributed by atoms with van der Waals surface area (Å²) in [4.78, 5) is 14.3. The van der Waals surface area contributed by atoms with Crippen molar-refractivity contribution in [2.75, 3.05) is 20.1 Å². The normalized spacial score (nSPS) is 18.3. The van der Waals surface area contributed by atoms with Crippen LogP contribution in [0.25, 0.3) is 5.52 Å². The summed E-state index contributed by atoms with van der Waals surface area (Å²) in [6.45, 7) is 1.86. The highest BCUT2D eigenvalue weighted by Crippen LogP contribution is 2.15. The van der Waals surface area contributed by atoms with Gasteiger partial charge in [0.15, 0.2) is 0 Å². The second-order valence-electron chi connectivity index (χ2n) is 4.65. The van der Waals surface area contributed by atoms with E-state index in [4.69, 9.17) is 0 Å². The van der Waals surface area contributed by atoms with E-state index in [9.17, 15) is 4.79 Å². The summed E-state index contributed by atoms with van der Waals surface area (Å²) in [5.74, 6) is 0.0462. The van der Waals surface area contributed by atoms with Crippen LogP contribution in [0.4, 0.5) is 0 Å². The van der Waals surface area contributed by atoms with Crippen LogP contribution in [0.1, 0.15) is 16.8 Å². The molecule has 1 fully saturated rings. The van der Waals surface area contributed by atoms with Crippen LogP contribution in [0, 0.1) is 0 Å². The smallest absolute Gasteiger partial charge is 0.257 e. The van der Waals surface area contributed by atoms with Crippen molar-refractivity contribution in [3.05, 3.63) is 36.2 Å². The first-order chi connectivity index (χ1) is 8.77. The summed E-state index contributed by atoms with van der Waals surface area (Å²) < 4.78 is 1.73. The molecular weight excluding hydrogens is 264 g/mol. The first kappa shape index (κ1) is 13.8. The van der Waals surface area contributed by atoms with Crippen molar-refractivity contribution in [3.63, 3.8) is 0 Å². The molecule has 0 saturated carbocycles. The highest BCUT2D eigenvalue weighted by Gasteiger charge is 2.25. The van der Waals surface area contributed by atoms with Crippen molar-refractivity contribution in [2.24, 2.45) is 0 Å². The molecule has 1 unspecified atom stereocenters. The van der Waals surface area contributed by atoms with Crippen LogP contribution in [-0.2, 0) is 0 Å². The van der Waals surface area contributed by atoms with Crippen molar-refractivity contribution >= 4 is 23.8 Å². The zero-order chi connectivity index (χ0) is 12.5. The largest absolute Gasteiger partial charge is 0.337 e. The average molecular weight is 281 g/mol. The molecule has 102 valence electrons. The van der Waals surface area contributed by atoms with Gasteiger partial charge in [0, 0.05) is 25.8 Å². The van der Waals surface area contributed by atoms with Crippen LogP contribution >= 0.6 is 12.4 Å². The zero-order valence-electron chi connectivity index (χ0n) is 10.7. The van der Waals surface area contributed by atoms with E-state index in [-0.39, 0.29) is 24.4 Å². The van der Waals surface area contributed by atoms with Crippen molar-refractivity contribution in [3.8, 4) is 0 Å². The van der Waals surface area contributed by atoms with Crippen LogP contribution in [0.15, 0.2) is 30.6 Å². The van der Waals surface area contributed by atoms with Crippen LogP contribution < -0.4 is 5.32 Å². The Morgan fingerprint density at radius 1 is 1.53 bits per heavy atom. The Bertz CT molecular complexity index is 577. The van der Waals surface area contributed by atoms with E-state index in [0.717, 1.165) is 25.0 Å². The Morgan fingerprint density at radius 3 is 3.11 bits per heavy atom. The number of fused-ring (bicyclic) bond motifs is 1. The Hall–Kier alpha value is -1.59. The highest BCUT2D eigenvalue weighted by atomic mass is 35.5. The summed E-state index contributed by atoms with van der Waals surface area (Å²) in [6.07, 6.45) is 4.52. The fourth-order valence-electron chi connectivity index (χ4n) is 2.43. The molecule has 0 spiro atoms. The summed E-state index contributed by atoms with van der Waals surface area (Å²) in [7, 11) is 1.87. The lowest BCUT2D eigenvalue weighted by Crippen LogP contribution is -2.38. The summed E-state index contributed by atoms with van der Waals surface area (Å²) in [6, 6.07) is 6.03. The van der Waals surface area contributed by atoms with Gasteiger partial charge in [-0.05, 0) is 25.1 Å². The Kier molecular flexibility index (Phi) is 4.07. The van der Waals surface area contributed by atoms with Crippen molar-refractivity contribution < 1.29 is 4.79 Å². The molecule has 0 aliphatic carbocycles. The molecular formula is C13H17ClN4O. The predicted octanol–water partition coefficient (Wildman–Crippen LogP) is 1.19. The van der Waals surface area contributed by atoms with E-state index >= 15 is 0 Å². The highest BCUT2D eigenvalue weighted by molar-refractivity contribution is 6.00. The number of halogens is 1.